The van der Waals surface area contributed by atoms with Crippen molar-refractivity contribution in [1.29, 1.82) is 0 Å². The number of carbonyl (C=O) groups is 1. The molecular weight excluding hydrogens is 330 g/mol. The first-order chi connectivity index (χ1) is 11.1. The Labute approximate surface area is 141 Å². The SMILES string of the molecule is Cc1nn(C)c(C)c1NC(=O)C(C)Oc1ccc(S(C)(=O)=O)cc1. The Hall–Kier alpha value is -2.35. The predicted molar refractivity (Wildman–Crippen MR) is 91.0 cm³/mol. The summed E-state index contributed by atoms with van der Waals surface area (Å²) in [6.45, 7) is 5.31. The number of carbonyl (C=O) groups excluding carboxylic acids is 1. The Kier molecular flexibility index (Phi) is 4.98. The van der Waals surface area contributed by atoms with Crippen LogP contribution in [0.3, 0.4) is 0 Å². The lowest BCUT2D eigenvalue weighted by atomic mass is 10.3. The van der Waals surface area contributed by atoms with Crippen LogP contribution >= 0.6 is 0 Å². The van der Waals surface area contributed by atoms with Crippen molar-refractivity contribution in [2.45, 2.75) is 31.8 Å². The predicted octanol–water partition coefficient (Wildman–Crippen LogP) is 1.85. The Balaban J connectivity index is 2.06. The second-order valence-corrected chi connectivity index (χ2v) is 7.68. The minimum atomic E-state index is -3.26. The first-order valence-electron chi connectivity index (χ1n) is 7.37. The van der Waals surface area contributed by atoms with E-state index in [9.17, 15) is 13.2 Å². The molecule has 1 aromatic heterocycles. The summed E-state index contributed by atoms with van der Waals surface area (Å²) >= 11 is 0. The lowest BCUT2D eigenvalue weighted by Gasteiger charge is -2.15. The highest BCUT2D eigenvalue weighted by atomic mass is 32.2. The zero-order chi connectivity index (χ0) is 18.1. The van der Waals surface area contributed by atoms with Gasteiger partial charge >= 0.3 is 0 Å². The fraction of sp³-hybridized carbons (Fsp3) is 0.375. The molecule has 1 N–H and O–H groups in total. The summed E-state index contributed by atoms with van der Waals surface area (Å²) < 4.78 is 30.1. The molecule has 0 bridgehead atoms. The van der Waals surface area contributed by atoms with Gasteiger partial charge in [0.1, 0.15) is 5.75 Å². The first kappa shape index (κ1) is 18.0. The van der Waals surface area contributed by atoms with Gasteiger partial charge in [-0.3, -0.25) is 9.48 Å². The van der Waals surface area contributed by atoms with E-state index in [4.69, 9.17) is 4.74 Å². The molecule has 1 unspecified atom stereocenters. The Morgan fingerprint density at radius 3 is 2.29 bits per heavy atom. The number of rotatable bonds is 5. The number of ether oxygens (including phenoxy) is 1. The standard InChI is InChI=1S/C16H21N3O4S/c1-10-15(11(2)19(4)18-10)17-16(20)12(3)23-13-6-8-14(9-7-13)24(5,21)22/h6-9,12H,1-5H3,(H,17,20). The van der Waals surface area contributed by atoms with Crippen molar-refractivity contribution >= 4 is 21.4 Å². The summed E-state index contributed by atoms with van der Waals surface area (Å²) in [4.78, 5) is 12.5. The van der Waals surface area contributed by atoms with Crippen molar-refractivity contribution in [2.75, 3.05) is 11.6 Å². The molecule has 0 saturated heterocycles. The molecule has 0 radical (unpaired) electrons. The Bertz CT molecular complexity index is 854. The summed E-state index contributed by atoms with van der Waals surface area (Å²) in [6.07, 6.45) is 0.394. The van der Waals surface area contributed by atoms with Crippen LogP contribution in [0.1, 0.15) is 18.3 Å². The van der Waals surface area contributed by atoms with E-state index in [0.717, 1.165) is 17.6 Å². The summed E-state index contributed by atoms with van der Waals surface area (Å²) in [7, 11) is -1.45. The van der Waals surface area contributed by atoms with Gasteiger partial charge in [-0.15, -0.1) is 0 Å². The van der Waals surface area contributed by atoms with E-state index in [0.29, 0.717) is 11.4 Å². The zero-order valence-electron chi connectivity index (χ0n) is 14.3. The molecule has 24 heavy (non-hydrogen) atoms. The molecule has 0 aliphatic heterocycles. The maximum Gasteiger partial charge on any atom is 0.265 e. The Morgan fingerprint density at radius 1 is 1.25 bits per heavy atom. The van der Waals surface area contributed by atoms with Gasteiger partial charge in [-0.2, -0.15) is 5.10 Å². The lowest BCUT2D eigenvalue weighted by molar-refractivity contribution is -0.122. The maximum absolute atomic E-state index is 12.3. The normalized spacial score (nSPS) is 12.7. The first-order valence-corrected chi connectivity index (χ1v) is 9.26. The Morgan fingerprint density at radius 2 is 1.83 bits per heavy atom. The number of amides is 1. The topological polar surface area (TPSA) is 90.3 Å². The minimum absolute atomic E-state index is 0.202. The van der Waals surface area contributed by atoms with Gasteiger partial charge in [0.15, 0.2) is 15.9 Å². The van der Waals surface area contributed by atoms with E-state index in [1.807, 2.05) is 13.8 Å². The number of anilines is 1. The van der Waals surface area contributed by atoms with Gasteiger partial charge in [0.25, 0.3) is 5.91 Å². The summed E-state index contributed by atoms with van der Waals surface area (Å²) in [5.41, 5.74) is 2.25. The molecular formula is C16H21N3O4S. The van der Waals surface area contributed by atoms with Gasteiger partial charge in [-0.1, -0.05) is 0 Å². The molecule has 1 heterocycles. The van der Waals surface area contributed by atoms with Crippen molar-refractivity contribution in [2.24, 2.45) is 7.05 Å². The number of hydrogen-bond donors (Lipinski definition) is 1. The molecule has 2 aromatic rings. The van der Waals surface area contributed by atoms with Crippen LogP contribution in [0.25, 0.3) is 0 Å². The number of aryl methyl sites for hydroxylation is 2. The van der Waals surface area contributed by atoms with Crippen molar-refractivity contribution in [3.8, 4) is 5.75 Å². The van der Waals surface area contributed by atoms with Crippen LogP contribution in [0.5, 0.6) is 5.75 Å². The number of nitrogens with zero attached hydrogens (tertiary/aromatic N) is 2. The average molecular weight is 351 g/mol. The molecule has 0 saturated carbocycles. The van der Waals surface area contributed by atoms with E-state index in [1.54, 1.807) is 18.7 Å². The number of nitrogens with one attached hydrogen (secondary N) is 1. The second-order valence-electron chi connectivity index (χ2n) is 5.66. The van der Waals surface area contributed by atoms with E-state index >= 15 is 0 Å². The quantitative estimate of drug-likeness (QED) is 0.888. The van der Waals surface area contributed by atoms with Crippen molar-refractivity contribution in [1.82, 2.24) is 9.78 Å². The van der Waals surface area contributed by atoms with Crippen LogP contribution in [-0.2, 0) is 21.7 Å². The van der Waals surface area contributed by atoms with Crippen LogP contribution in [0, 0.1) is 13.8 Å². The fourth-order valence-electron chi connectivity index (χ4n) is 2.20. The largest absolute Gasteiger partial charge is 0.481 e. The molecule has 0 spiro atoms. The number of sulfone groups is 1. The molecule has 130 valence electrons. The maximum atomic E-state index is 12.3. The highest BCUT2D eigenvalue weighted by Crippen LogP contribution is 2.20. The van der Waals surface area contributed by atoms with Gasteiger partial charge in [-0.25, -0.2) is 8.42 Å². The molecule has 0 fully saturated rings. The third kappa shape index (κ3) is 3.94. The summed E-state index contributed by atoms with van der Waals surface area (Å²) in [5.74, 6) is 0.117. The van der Waals surface area contributed by atoms with E-state index in [2.05, 4.69) is 10.4 Å². The third-order valence-electron chi connectivity index (χ3n) is 3.69. The monoisotopic (exact) mass is 351 g/mol. The van der Waals surface area contributed by atoms with Gasteiger partial charge < -0.3 is 10.1 Å². The highest BCUT2D eigenvalue weighted by molar-refractivity contribution is 7.90. The van der Waals surface area contributed by atoms with Crippen molar-refractivity contribution < 1.29 is 17.9 Å². The van der Waals surface area contributed by atoms with Crippen LogP contribution in [-0.4, -0.2) is 36.5 Å². The second kappa shape index (κ2) is 6.64. The highest BCUT2D eigenvalue weighted by Gasteiger charge is 2.19. The van der Waals surface area contributed by atoms with Gasteiger partial charge in [0, 0.05) is 13.3 Å². The lowest BCUT2D eigenvalue weighted by Crippen LogP contribution is -2.30. The molecule has 8 heteroatoms. The third-order valence-corrected chi connectivity index (χ3v) is 4.82. The van der Waals surface area contributed by atoms with Gasteiger partial charge in [-0.05, 0) is 45.0 Å². The molecule has 1 aromatic carbocycles. The molecule has 2 rings (SSSR count). The molecule has 1 atom stereocenters. The van der Waals surface area contributed by atoms with Gasteiger partial charge in [0.2, 0.25) is 0 Å². The van der Waals surface area contributed by atoms with Crippen LogP contribution in [0.4, 0.5) is 5.69 Å². The van der Waals surface area contributed by atoms with Crippen LogP contribution < -0.4 is 10.1 Å². The molecule has 7 nitrogen and oxygen atoms in total. The van der Waals surface area contributed by atoms with Crippen LogP contribution in [0.2, 0.25) is 0 Å². The minimum Gasteiger partial charge on any atom is -0.481 e. The summed E-state index contributed by atoms with van der Waals surface area (Å²) in [6, 6.07) is 5.96. The smallest absolute Gasteiger partial charge is 0.265 e. The zero-order valence-corrected chi connectivity index (χ0v) is 15.1. The number of hydrogen-bond acceptors (Lipinski definition) is 5. The van der Waals surface area contributed by atoms with Crippen molar-refractivity contribution in [3.63, 3.8) is 0 Å². The molecule has 0 aliphatic rings. The average Bonchev–Trinajstić information content (AvgIpc) is 2.73. The summed E-state index contributed by atoms with van der Waals surface area (Å²) in [5, 5.41) is 7.06. The van der Waals surface area contributed by atoms with E-state index in [-0.39, 0.29) is 10.8 Å². The molecule has 1 amide bonds. The van der Waals surface area contributed by atoms with Crippen molar-refractivity contribution in [3.05, 3.63) is 35.7 Å². The van der Waals surface area contributed by atoms with Gasteiger partial charge in [0.05, 0.1) is 22.0 Å². The number of aromatic nitrogens is 2. The van der Waals surface area contributed by atoms with Crippen LogP contribution in [0.15, 0.2) is 29.2 Å². The van der Waals surface area contributed by atoms with E-state index < -0.39 is 15.9 Å². The number of benzene rings is 1. The fourth-order valence-corrected chi connectivity index (χ4v) is 2.83. The van der Waals surface area contributed by atoms with E-state index in [1.165, 1.54) is 24.3 Å². The molecule has 0 aliphatic carbocycles.